The van der Waals surface area contributed by atoms with E-state index in [1.54, 1.807) is 21.3 Å². The number of carbonyl (C=O) groups is 1. The van der Waals surface area contributed by atoms with E-state index in [1.165, 1.54) is 7.11 Å². The van der Waals surface area contributed by atoms with Gasteiger partial charge >= 0.3 is 5.97 Å². The Morgan fingerprint density at radius 2 is 1.60 bits per heavy atom. The van der Waals surface area contributed by atoms with Gasteiger partial charge in [-0.1, -0.05) is 101 Å². The number of methoxy groups -OCH3 is 4. The van der Waals surface area contributed by atoms with Gasteiger partial charge in [-0.2, -0.15) is 0 Å². The fraction of sp³-hybridized carbons (Fsp3) is 0.942. The van der Waals surface area contributed by atoms with Crippen molar-refractivity contribution in [3.63, 3.8) is 0 Å². The summed E-state index contributed by atoms with van der Waals surface area (Å²) in [5, 5.41) is 0.0876. The molecule has 68 heavy (non-hydrogen) atoms. The highest BCUT2D eigenvalue weighted by Gasteiger charge is 2.66. The van der Waals surface area contributed by atoms with Crippen molar-refractivity contribution in [1.82, 2.24) is 0 Å². The van der Waals surface area contributed by atoms with E-state index in [2.05, 4.69) is 108 Å². The van der Waals surface area contributed by atoms with Crippen LogP contribution in [-0.4, -0.2) is 150 Å². The number of carbonyl (C=O) groups excluding carboxylic acids is 1. The third-order valence-corrected chi connectivity index (χ3v) is 23.1. The van der Waals surface area contributed by atoms with Crippen molar-refractivity contribution >= 4 is 22.4 Å². The molecule has 1 spiro atoms. The summed E-state index contributed by atoms with van der Waals surface area (Å²) in [5.74, 6) is -2.23. The van der Waals surface area contributed by atoms with Gasteiger partial charge in [0, 0.05) is 79.1 Å². The summed E-state index contributed by atoms with van der Waals surface area (Å²) in [6.07, 6.45) is 5.18. The number of hydrogen-bond donors (Lipinski definition) is 0. The van der Waals surface area contributed by atoms with E-state index in [-0.39, 0.29) is 97.4 Å². The minimum Gasteiger partial charge on any atom is -0.467 e. The Morgan fingerprint density at radius 3 is 2.21 bits per heavy atom. The lowest BCUT2D eigenvalue weighted by Crippen LogP contribution is -2.59. The van der Waals surface area contributed by atoms with Crippen LogP contribution < -0.4 is 0 Å². The molecule has 5 rings (SSSR count). The lowest BCUT2D eigenvalue weighted by atomic mass is 9.78. The van der Waals surface area contributed by atoms with Crippen LogP contribution in [0.1, 0.15) is 108 Å². The maximum Gasteiger partial charge on any atom is 0.341 e. The molecule has 0 aromatic heterocycles. The van der Waals surface area contributed by atoms with Crippen LogP contribution in [0.5, 0.6) is 0 Å². The molecule has 0 saturated carbocycles. The van der Waals surface area contributed by atoms with Crippen molar-refractivity contribution in [2.75, 3.05) is 61.8 Å². The molecule has 0 bridgehead atoms. The largest absolute Gasteiger partial charge is 0.467 e. The van der Waals surface area contributed by atoms with Crippen LogP contribution in [0.2, 0.25) is 43.8 Å². The molecule has 0 N–H and O–H groups in total. The van der Waals surface area contributed by atoms with Gasteiger partial charge < -0.3 is 61.3 Å². The molecule has 0 amide bonds. The number of esters is 1. The van der Waals surface area contributed by atoms with Gasteiger partial charge in [0.1, 0.15) is 31.9 Å². The molecular formula is C52H96O14Si2. The highest BCUT2D eigenvalue weighted by Crippen LogP contribution is 2.54. The molecule has 4 fully saturated rings. The number of rotatable bonds is 23. The molecule has 4 saturated heterocycles. The predicted octanol–water partition coefficient (Wildman–Crippen LogP) is 9.76. The van der Waals surface area contributed by atoms with Crippen molar-refractivity contribution in [3.05, 3.63) is 12.2 Å². The molecule has 16 heteroatoms. The average molecular weight is 1000 g/mol. The van der Waals surface area contributed by atoms with Gasteiger partial charge in [0.25, 0.3) is 0 Å². The van der Waals surface area contributed by atoms with E-state index in [9.17, 15) is 4.79 Å². The highest BCUT2D eigenvalue weighted by molar-refractivity contribution is 6.76. The van der Waals surface area contributed by atoms with Gasteiger partial charge in [-0.05, 0) is 61.7 Å². The molecule has 0 aliphatic carbocycles. The Balaban J connectivity index is 1.33. The van der Waals surface area contributed by atoms with Crippen molar-refractivity contribution in [3.8, 4) is 0 Å². The summed E-state index contributed by atoms with van der Waals surface area (Å²) in [6.45, 7) is 35.4. The van der Waals surface area contributed by atoms with Crippen LogP contribution in [-0.2, 0) is 66.1 Å². The van der Waals surface area contributed by atoms with Gasteiger partial charge in [-0.25, -0.2) is 4.79 Å². The maximum absolute atomic E-state index is 14.3. The Kier molecular flexibility index (Phi) is 19.8. The van der Waals surface area contributed by atoms with Crippen molar-refractivity contribution in [1.29, 1.82) is 0 Å². The Labute approximate surface area is 413 Å². The van der Waals surface area contributed by atoms with Crippen molar-refractivity contribution in [2.45, 2.75) is 217 Å². The monoisotopic (exact) mass is 1000 g/mol. The smallest absolute Gasteiger partial charge is 0.341 e. The minimum atomic E-state index is -2.00. The van der Waals surface area contributed by atoms with Crippen LogP contribution >= 0.6 is 0 Å². The highest BCUT2D eigenvalue weighted by atomic mass is 28.4. The van der Waals surface area contributed by atoms with Crippen LogP contribution in [0, 0.1) is 35.5 Å². The molecule has 5 heterocycles. The van der Waals surface area contributed by atoms with Crippen LogP contribution in [0.15, 0.2) is 12.2 Å². The van der Waals surface area contributed by atoms with E-state index in [1.807, 2.05) is 6.08 Å². The first-order valence-electron chi connectivity index (χ1n) is 25.9. The lowest BCUT2D eigenvalue weighted by molar-refractivity contribution is -0.342. The fourth-order valence-corrected chi connectivity index (χ4v) is 13.4. The topological polar surface area (TPSA) is 137 Å². The van der Waals surface area contributed by atoms with E-state index >= 15 is 0 Å². The zero-order valence-electron chi connectivity index (χ0n) is 45.9. The molecule has 0 aromatic rings. The second-order valence-corrected chi connectivity index (χ2v) is 34.6. The molecule has 17 atom stereocenters. The quantitative estimate of drug-likeness (QED) is 0.0316. The minimum absolute atomic E-state index is 0.0442. The molecule has 0 aromatic carbocycles. The van der Waals surface area contributed by atoms with Gasteiger partial charge in [-0.3, -0.25) is 0 Å². The Bertz CT molecular complexity index is 1640. The summed E-state index contributed by atoms with van der Waals surface area (Å²) in [5.41, 5.74) is -2.32. The predicted molar refractivity (Wildman–Crippen MR) is 267 cm³/mol. The van der Waals surface area contributed by atoms with E-state index < -0.39 is 51.2 Å². The summed E-state index contributed by atoms with van der Waals surface area (Å²) < 4.78 is 84.3. The molecule has 5 aliphatic heterocycles. The first-order chi connectivity index (χ1) is 31.7. The normalized spacial score (nSPS) is 39.4. The zero-order valence-corrected chi connectivity index (χ0v) is 47.9. The molecule has 5 aliphatic rings. The molecular weight excluding hydrogens is 905 g/mol. The van der Waals surface area contributed by atoms with Crippen LogP contribution in [0.4, 0.5) is 0 Å². The first kappa shape index (κ1) is 58.1. The SMILES string of the molecule is CC[C@@]1([C@@H]2O[C@@H]([C@H]3O[C@](COCOCC[Si](C)(C)C)(OC)[C@H](C)C[C@@H]3C)C[C@@H]2C)C=CC(C2(C(=O)OC)CC[C@]3(C[C@H](OCOC)[C@@H](C)[C@@H]([C@@H](C)[C@@H](OC)[C@H](C)CO[Si](C)(C)C(C)(C)C)O3)O2)O1. The van der Waals surface area contributed by atoms with Crippen LogP contribution in [0.3, 0.4) is 0 Å². The van der Waals surface area contributed by atoms with Gasteiger partial charge in [0.15, 0.2) is 25.5 Å². The Morgan fingerprint density at radius 1 is 0.897 bits per heavy atom. The maximum atomic E-state index is 14.3. The summed E-state index contributed by atoms with van der Waals surface area (Å²) >= 11 is 0. The van der Waals surface area contributed by atoms with Crippen LogP contribution in [0.25, 0.3) is 0 Å². The zero-order chi connectivity index (χ0) is 50.7. The number of hydrogen-bond acceptors (Lipinski definition) is 14. The summed E-state index contributed by atoms with van der Waals surface area (Å²) in [6, 6.07) is 1.08. The van der Waals surface area contributed by atoms with Crippen molar-refractivity contribution in [2.24, 2.45) is 35.5 Å². The third-order valence-electron chi connectivity index (χ3n) is 16.9. The molecule has 14 nitrogen and oxygen atoms in total. The van der Waals surface area contributed by atoms with E-state index in [0.29, 0.717) is 38.9 Å². The van der Waals surface area contributed by atoms with E-state index in [0.717, 1.165) is 18.9 Å². The third kappa shape index (κ3) is 12.6. The second-order valence-electron chi connectivity index (χ2n) is 24.2. The number of ether oxygens (including phenoxy) is 12. The lowest BCUT2D eigenvalue weighted by Gasteiger charge is -2.50. The summed E-state index contributed by atoms with van der Waals surface area (Å²) in [7, 11) is 3.29. The van der Waals surface area contributed by atoms with Gasteiger partial charge in [0.2, 0.25) is 0 Å². The summed E-state index contributed by atoms with van der Waals surface area (Å²) in [4.78, 5) is 14.3. The molecule has 0 radical (unpaired) electrons. The average Bonchev–Trinajstić information content (AvgIpc) is 4.01. The van der Waals surface area contributed by atoms with Gasteiger partial charge in [-0.15, -0.1) is 0 Å². The molecule has 2 unspecified atom stereocenters. The van der Waals surface area contributed by atoms with Gasteiger partial charge in [0.05, 0.1) is 43.7 Å². The fourth-order valence-electron chi connectivity index (χ4n) is 11.5. The van der Waals surface area contributed by atoms with Crippen molar-refractivity contribution < 1.29 is 66.1 Å². The first-order valence-corrected chi connectivity index (χ1v) is 32.5. The Hall–Kier alpha value is -0.836. The standard InChI is InChI=1S/C52H96O14Si2/c1-20-49(46-35(3)28-40(62-46)44-34(2)27-37(5)52(57-14,65-44)31-59-33-58-25-26-67(15,16)17)22-21-42(63-49)51(47(53)56-13)24-23-50(66-51)29-41(60-32-54-11)38(6)45(64-50)39(7)43(55-12)36(4)30-61-68(18,19)48(8,9)10/h21-22,34-46H,20,23-33H2,1-19H3/t34-,35-,36+,37+,38+,39-,40+,41-,42?,43-,44-,45-,46+,49-,50+,51?,52-/m0/s1. The van der Waals surface area contributed by atoms with E-state index in [4.69, 9.17) is 61.3 Å². The second kappa shape index (κ2) is 23.2. The molecule has 396 valence electrons.